The quantitative estimate of drug-likeness (QED) is 0.661. The van der Waals surface area contributed by atoms with Crippen LogP contribution < -0.4 is 5.32 Å². The van der Waals surface area contributed by atoms with Crippen molar-refractivity contribution in [2.45, 2.75) is 18.9 Å². The Morgan fingerprint density at radius 2 is 2.00 bits per heavy atom. The van der Waals surface area contributed by atoms with Crippen molar-refractivity contribution in [3.63, 3.8) is 0 Å². The molecule has 2 rings (SSSR count). The number of nitro groups is 1. The van der Waals surface area contributed by atoms with Crippen LogP contribution in [0.15, 0.2) is 24.3 Å². The van der Waals surface area contributed by atoms with Crippen LogP contribution in [0.1, 0.15) is 23.2 Å². The van der Waals surface area contributed by atoms with Crippen LogP contribution in [-0.2, 0) is 0 Å². The molecule has 1 saturated heterocycles. The first-order chi connectivity index (χ1) is 9.11. The standard InChI is InChI=1S/C13H17N3O3/c1-15(10-6-8-14-9-7-10)13(17)11-4-2-3-5-12(11)16(18)19/h2-5,10,14H,6-9H2,1H3. The van der Waals surface area contributed by atoms with Gasteiger partial charge in [-0.15, -0.1) is 0 Å². The van der Waals surface area contributed by atoms with Gasteiger partial charge in [-0.1, -0.05) is 12.1 Å². The molecule has 1 aromatic rings. The molecule has 1 aromatic carbocycles. The molecule has 0 saturated carbocycles. The smallest absolute Gasteiger partial charge is 0.282 e. The van der Waals surface area contributed by atoms with Crippen molar-refractivity contribution in [3.05, 3.63) is 39.9 Å². The van der Waals surface area contributed by atoms with Gasteiger partial charge in [0.25, 0.3) is 11.6 Å². The molecule has 6 heteroatoms. The maximum Gasteiger partial charge on any atom is 0.282 e. The summed E-state index contributed by atoms with van der Waals surface area (Å²) in [4.78, 5) is 24.4. The van der Waals surface area contributed by atoms with Gasteiger partial charge in [-0.25, -0.2) is 0 Å². The number of nitro benzene ring substituents is 1. The highest BCUT2D eigenvalue weighted by atomic mass is 16.6. The summed E-state index contributed by atoms with van der Waals surface area (Å²) in [6.07, 6.45) is 1.76. The molecule has 1 aliphatic heterocycles. The van der Waals surface area contributed by atoms with E-state index in [2.05, 4.69) is 5.32 Å². The Balaban J connectivity index is 2.21. The molecule has 1 aliphatic rings. The van der Waals surface area contributed by atoms with Crippen LogP contribution in [0, 0.1) is 10.1 Å². The average Bonchev–Trinajstić information content (AvgIpc) is 2.46. The molecule has 0 unspecified atom stereocenters. The highest BCUT2D eigenvalue weighted by Gasteiger charge is 2.27. The van der Waals surface area contributed by atoms with Gasteiger partial charge in [0.2, 0.25) is 0 Å². The fourth-order valence-corrected chi connectivity index (χ4v) is 2.36. The predicted octanol–water partition coefficient (Wildman–Crippen LogP) is 1.42. The zero-order valence-corrected chi connectivity index (χ0v) is 10.8. The van der Waals surface area contributed by atoms with E-state index >= 15 is 0 Å². The molecule has 0 bridgehead atoms. The van der Waals surface area contributed by atoms with E-state index in [1.54, 1.807) is 24.1 Å². The Morgan fingerprint density at radius 3 is 2.63 bits per heavy atom. The summed E-state index contributed by atoms with van der Waals surface area (Å²) < 4.78 is 0. The molecular weight excluding hydrogens is 246 g/mol. The Hall–Kier alpha value is -1.95. The lowest BCUT2D eigenvalue weighted by atomic mass is 10.0. The summed E-state index contributed by atoms with van der Waals surface area (Å²) in [7, 11) is 1.72. The predicted molar refractivity (Wildman–Crippen MR) is 71.1 cm³/mol. The summed E-state index contributed by atoms with van der Waals surface area (Å²) in [5, 5.41) is 14.2. The average molecular weight is 263 g/mol. The summed E-state index contributed by atoms with van der Waals surface area (Å²) >= 11 is 0. The Kier molecular flexibility index (Phi) is 4.11. The number of hydrogen-bond acceptors (Lipinski definition) is 4. The zero-order chi connectivity index (χ0) is 13.8. The molecule has 19 heavy (non-hydrogen) atoms. The Morgan fingerprint density at radius 1 is 1.37 bits per heavy atom. The van der Waals surface area contributed by atoms with E-state index in [1.165, 1.54) is 12.1 Å². The fraction of sp³-hybridized carbons (Fsp3) is 0.462. The number of amides is 1. The summed E-state index contributed by atoms with van der Waals surface area (Å²) in [5.74, 6) is -0.279. The molecule has 1 fully saturated rings. The van der Waals surface area contributed by atoms with Crippen LogP contribution in [0.5, 0.6) is 0 Å². The van der Waals surface area contributed by atoms with Gasteiger partial charge in [0.05, 0.1) is 4.92 Å². The van der Waals surface area contributed by atoms with E-state index in [0.29, 0.717) is 0 Å². The van der Waals surface area contributed by atoms with Crippen molar-refractivity contribution in [1.82, 2.24) is 10.2 Å². The second kappa shape index (κ2) is 5.79. The molecule has 1 heterocycles. The van der Waals surface area contributed by atoms with Crippen LogP contribution in [0.3, 0.4) is 0 Å². The summed E-state index contributed by atoms with van der Waals surface area (Å²) in [5.41, 5.74) is 0.0295. The normalized spacial score (nSPS) is 16.1. The third-order valence-electron chi connectivity index (χ3n) is 3.51. The zero-order valence-electron chi connectivity index (χ0n) is 10.8. The van der Waals surface area contributed by atoms with Crippen molar-refractivity contribution in [2.24, 2.45) is 0 Å². The summed E-state index contributed by atoms with van der Waals surface area (Å²) in [6.45, 7) is 1.75. The van der Waals surface area contributed by atoms with Crippen molar-refractivity contribution < 1.29 is 9.72 Å². The molecular formula is C13H17N3O3. The molecule has 102 valence electrons. The fourth-order valence-electron chi connectivity index (χ4n) is 2.36. The van der Waals surface area contributed by atoms with E-state index in [4.69, 9.17) is 0 Å². The van der Waals surface area contributed by atoms with E-state index in [1.807, 2.05) is 0 Å². The minimum absolute atomic E-state index is 0.131. The van der Waals surface area contributed by atoms with E-state index in [0.717, 1.165) is 25.9 Å². The lowest BCUT2D eigenvalue weighted by Gasteiger charge is -2.31. The third-order valence-corrected chi connectivity index (χ3v) is 3.51. The first kappa shape index (κ1) is 13.5. The van der Waals surface area contributed by atoms with Gasteiger partial charge in [0.15, 0.2) is 0 Å². The number of hydrogen-bond donors (Lipinski definition) is 1. The molecule has 0 radical (unpaired) electrons. The van der Waals surface area contributed by atoms with Crippen molar-refractivity contribution in [2.75, 3.05) is 20.1 Å². The summed E-state index contributed by atoms with van der Waals surface area (Å²) in [6, 6.07) is 6.24. The maximum absolute atomic E-state index is 12.4. The van der Waals surface area contributed by atoms with E-state index < -0.39 is 4.92 Å². The Labute approximate surface area is 111 Å². The number of nitrogens with zero attached hydrogens (tertiary/aromatic N) is 2. The highest BCUT2D eigenvalue weighted by molar-refractivity contribution is 5.98. The largest absolute Gasteiger partial charge is 0.338 e. The van der Waals surface area contributed by atoms with Gasteiger partial charge in [-0.2, -0.15) is 0 Å². The number of para-hydroxylation sites is 1. The van der Waals surface area contributed by atoms with Gasteiger partial charge in [0.1, 0.15) is 5.56 Å². The third kappa shape index (κ3) is 2.90. The second-order valence-electron chi connectivity index (χ2n) is 4.67. The van der Waals surface area contributed by atoms with Gasteiger partial charge in [-0.05, 0) is 32.0 Å². The lowest BCUT2D eigenvalue weighted by Crippen LogP contribution is -2.44. The Bertz CT molecular complexity index is 484. The monoisotopic (exact) mass is 263 g/mol. The van der Waals surface area contributed by atoms with Gasteiger partial charge in [-0.3, -0.25) is 14.9 Å². The number of benzene rings is 1. The first-order valence-corrected chi connectivity index (χ1v) is 6.32. The van der Waals surface area contributed by atoms with Crippen LogP contribution in [0.4, 0.5) is 5.69 Å². The molecule has 0 atom stereocenters. The van der Waals surface area contributed by atoms with Gasteiger partial charge < -0.3 is 10.2 Å². The highest BCUT2D eigenvalue weighted by Crippen LogP contribution is 2.21. The van der Waals surface area contributed by atoms with Crippen LogP contribution >= 0.6 is 0 Å². The van der Waals surface area contributed by atoms with Gasteiger partial charge >= 0.3 is 0 Å². The molecule has 1 amide bonds. The molecule has 6 nitrogen and oxygen atoms in total. The number of nitrogens with one attached hydrogen (secondary N) is 1. The second-order valence-corrected chi connectivity index (χ2v) is 4.67. The van der Waals surface area contributed by atoms with Crippen LogP contribution in [-0.4, -0.2) is 41.9 Å². The van der Waals surface area contributed by atoms with E-state index in [-0.39, 0.29) is 23.2 Å². The molecule has 0 aliphatic carbocycles. The number of rotatable bonds is 3. The maximum atomic E-state index is 12.4. The minimum atomic E-state index is -0.510. The molecule has 0 aromatic heterocycles. The number of carbonyl (C=O) groups is 1. The first-order valence-electron chi connectivity index (χ1n) is 6.32. The molecule has 0 spiro atoms. The lowest BCUT2D eigenvalue weighted by molar-refractivity contribution is -0.385. The van der Waals surface area contributed by atoms with Gasteiger partial charge in [0, 0.05) is 19.2 Å². The van der Waals surface area contributed by atoms with Crippen LogP contribution in [0.2, 0.25) is 0 Å². The van der Waals surface area contributed by atoms with Crippen LogP contribution in [0.25, 0.3) is 0 Å². The number of piperidine rings is 1. The van der Waals surface area contributed by atoms with Crippen molar-refractivity contribution in [1.29, 1.82) is 0 Å². The SMILES string of the molecule is CN(C(=O)c1ccccc1[N+](=O)[O-])C1CCNCC1. The molecule has 1 N–H and O–H groups in total. The minimum Gasteiger partial charge on any atom is -0.338 e. The number of carbonyl (C=O) groups excluding carboxylic acids is 1. The van der Waals surface area contributed by atoms with E-state index in [9.17, 15) is 14.9 Å². The van der Waals surface area contributed by atoms with Crippen molar-refractivity contribution >= 4 is 11.6 Å². The van der Waals surface area contributed by atoms with Crippen molar-refractivity contribution in [3.8, 4) is 0 Å². The topological polar surface area (TPSA) is 75.5 Å².